The second-order valence-electron chi connectivity index (χ2n) is 7.89. The number of nitrogens with zero attached hydrogens (tertiary/aromatic N) is 1. The molecule has 0 saturated carbocycles. The van der Waals surface area contributed by atoms with Crippen molar-refractivity contribution in [2.24, 2.45) is 0 Å². The number of ether oxygens (including phenoxy) is 1. The van der Waals surface area contributed by atoms with E-state index in [1.807, 2.05) is 13.0 Å². The van der Waals surface area contributed by atoms with Gasteiger partial charge in [-0.2, -0.15) is 0 Å². The molecule has 4 aromatic rings. The van der Waals surface area contributed by atoms with Gasteiger partial charge in [-0.05, 0) is 72.6 Å². The number of amides is 1. The van der Waals surface area contributed by atoms with Crippen molar-refractivity contribution in [2.75, 3.05) is 12.4 Å². The van der Waals surface area contributed by atoms with E-state index in [-0.39, 0.29) is 16.8 Å². The number of benzene rings is 3. The molecule has 180 valence electrons. The summed E-state index contributed by atoms with van der Waals surface area (Å²) in [6.45, 7) is 1.68. The van der Waals surface area contributed by atoms with Crippen LogP contribution in [0, 0.1) is 5.82 Å². The summed E-state index contributed by atoms with van der Waals surface area (Å²) in [5.41, 5.74) is 1.13. The second-order valence-corrected chi connectivity index (χ2v) is 9.81. The van der Waals surface area contributed by atoms with E-state index in [4.69, 9.17) is 4.74 Å². The monoisotopic (exact) mass is 494 g/mol. The highest BCUT2D eigenvalue weighted by Gasteiger charge is 2.24. The third-order valence-corrected chi connectivity index (χ3v) is 7.38. The van der Waals surface area contributed by atoms with Gasteiger partial charge < -0.3 is 14.6 Å². The van der Waals surface area contributed by atoms with Crippen LogP contribution in [0.3, 0.4) is 0 Å². The van der Waals surface area contributed by atoms with Gasteiger partial charge in [0, 0.05) is 17.3 Å². The zero-order valence-corrected chi connectivity index (χ0v) is 19.9. The Hall–Kier alpha value is -3.98. The lowest BCUT2D eigenvalue weighted by Crippen LogP contribution is -2.24. The number of carbonyl (C=O) groups is 1. The van der Waals surface area contributed by atoms with Crippen LogP contribution >= 0.6 is 0 Å². The number of nitrogens with one attached hydrogen (secondary N) is 1. The molecule has 0 saturated heterocycles. The summed E-state index contributed by atoms with van der Waals surface area (Å²) >= 11 is 0. The van der Waals surface area contributed by atoms with Gasteiger partial charge >= 0.3 is 0 Å². The fourth-order valence-corrected chi connectivity index (χ4v) is 5.10. The average Bonchev–Trinajstić information content (AvgIpc) is 2.86. The number of pyridine rings is 1. The minimum Gasteiger partial charge on any atom is -0.497 e. The van der Waals surface area contributed by atoms with Crippen molar-refractivity contribution in [2.45, 2.75) is 29.7 Å². The largest absolute Gasteiger partial charge is 0.497 e. The maximum absolute atomic E-state index is 13.4. The van der Waals surface area contributed by atoms with E-state index in [2.05, 4.69) is 5.32 Å². The Balaban J connectivity index is 1.80. The number of aromatic nitrogens is 1. The van der Waals surface area contributed by atoms with Crippen molar-refractivity contribution in [3.63, 3.8) is 0 Å². The Morgan fingerprint density at radius 2 is 1.71 bits per heavy atom. The maximum atomic E-state index is 13.4. The molecule has 1 N–H and O–H groups in total. The fraction of sp³-hybridized carbons (Fsp3) is 0.154. The molecule has 0 atom stereocenters. The number of halogens is 1. The molecule has 7 nitrogen and oxygen atoms in total. The quantitative estimate of drug-likeness (QED) is 0.389. The molecule has 4 rings (SSSR count). The van der Waals surface area contributed by atoms with Crippen LogP contribution in [0.5, 0.6) is 5.75 Å². The summed E-state index contributed by atoms with van der Waals surface area (Å²) in [4.78, 5) is 25.4. The lowest BCUT2D eigenvalue weighted by molar-refractivity contribution is -0.116. The van der Waals surface area contributed by atoms with Crippen molar-refractivity contribution < 1.29 is 22.3 Å². The molecule has 35 heavy (non-hydrogen) atoms. The van der Waals surface area contributed by atoms with Crippen molar-refractivity contribution in [3.05, 3.63) is 94.5 Å². The van der Waals surface area contributed by atoms with Crippen LogP contribution in [-0.4, -0.2) is 26.0 Å². The Morgan fingerprint density at radius 3 is 2.34 bits per heavy atom. The molecule has 1 amide bonds. The zero-order valence-electron chi connectivity index (χ0n) is 19.1. The highest BCUT2D eigenvalue weighted by molar-refractivity contribution is 7.91. The van der Waals surface area contributed by atoms with Crippen molar-refractivity contribution in [1.29, 1.82) is 0 Å². The third-order valence-electron chi connectivity index (χ3n) is 5.62. The number of fused-ring (bicyclic) bond motifs is 1. The number of methoxy groups -OCH3 is 1. The van der Waals surface area contributed by atoms with Crippen LogP contribution in [0.1, 0.15) is 12.5 Å². The van der Waals surface area contributed by atoms with Crippen molar-refractivity contribution in [3.8, 4) is 5.75 Å². The van der Waals surface area contributed by atoms with E-state index in [0.29, 0.717) is 23.4 Å². The number of hydrogen-bond donors (Lipinski definition) is 1. The predicted molar refractivity (Wildman–Crippen MR) is 131 cm³/mol. The molecule has 0 aliphatic heterocycles. The summed E-state index contributed by atoms with van der Waals surface area (Å²) in [7, 11) is -2.73. The van der Waals surface area contributed by atoms with Gasteiger partial charge in [0.15, 0.2) is 0 Å². The summed E-state index contributed by atoms with van der Waals surface area (Å²) < 4.78 is 46.5. The van der Waals surface area contributed by atoms with Gasteiger partial charge in [-0.25, -0.2) is 12.8 Å². The average molecular weight is 495 g/mol. The molecule has 0 spiro atoms. The van der Waals surface area contributed by atoms with E-state index < -0.39 is 31.9 Å². The van der Waals surface area contributed by atoms with Crippen LogP contribution in [0.25, 0.3) is 10.9 Å². The Morgan fingerprint density at radius 1 is 1.03 bits per heavy atom. The van der Waals surface area contributed by atoms with Crippen LogP contribution in [0.15, 0.2) is 87.5 Å². The molecule has 0 aliphatic carbocycles. The van der Waals surface area contributed by atoms with Gasteiger partial charge in [0.25, 0.3) is 0 Å². The maximum Gasteiger partial charge on any atom is 0.244 e. The minimum atomic E-state index is -4.27. The zero-order chi connectivity index (χ0) is 25.2. The van der Waals surface area contributed by atoms with Gasteiger partial charge in [-0.3, -0.25) is 9.59 Å². The second kappa shape index (κ2) is 9.71. The molecular formula is C26H23FN2O5S. The standard InChI is InChI=1S/C26H23FN2O5S/c1-3-17-4-13-23-22(14-17)26(31)24(35(32,33)21-11-5-18(27)6-12-21)15-29(23)16-25(30)28-19-7-9-20(34-2)10-8-19/h4-15H,3,16H2,1-2H3,(H,28,30). The first-order valence-electron chi connectivity index (χ1n) is 10.8. The minimum absolute atomic E-state index is 0.185. The lowest BCUT2D eigenvalue weighted by Gasteiger charge is -2.15. The van der Waals surface area contributed by atoms with Crippen LogP contribution in [0.2, 0.25) is 0 Å². The molecule has 1 aromatic heterocycles. The number of carbonyl (C=O) groups excluding carboxylic acids is 1. The first-order chi connectivity index (χ1) is 16.7. The fourth-order valence-electron chi connectivity index (χ4n) is 3.73. The number of rotatable bonds is 7. The van der Waals surface area contributed by atoms with Crippen LogP contribution in [0.4, 0.5) is 10.1 Å². The SMILES string of the molecule is CCc1ccc2c(c1)c(=O)c(S(=O)(=O)c1ccc(F)cc1)cn2CC(=O)Nc1ccc(OC)cc1. The normalized spacial score (nSPS) is 11.4. The van der Waals surface area contributed by atoms with Crippen LogP contribution < -0.4 is 15.5 Å². The number of sulfone groups is 1. The topological polar surface area (TPSA) is 94.5 Å². The lowest BCUT2D eigenvalue weighted by atomic mass is 10.1. The summed E-state index contributed by atoms with van der Waals surface area (Å²) in [5.74, 6) is -0.371. The number of anilines is 1. The number of hydrogen-bond acceptors (Lipinski definition) is 5. The highest BCUT2D eigenvalue weighted by Crippen LogP contribution is 2.23. The summed E-state index contributed by atoms with van der Waals surface area (Å²) in [5, 5.41) is 2.94. The molecule has 0 fully saturated rings. The van der Waals surface area contributed by atoms with E-state index in [1.54, 1.807) is 36.4 Å². The Kier molecular flexibility index (Phi) is 6.70. The van der Waals surface area contributed by atoms with E-state index >= 15 is 0 Å². The molecule has 0 bridgehead atoms. The van der Waals surface area contributed by atoms with Gasteiger partial charge in [0.1, 0.15) is 23.0 Å². The number of aryl methyl sites for hydroxylation is 1. The highest BCUT2D eigenvalue weighted by atomic mass is 32.2. The summed E-state index contributed by atoms with van der Waals surface area (Å²) in [6.07, 6.45) is 1.81. The van der Waals surface area contributed by atoms with Gasteiger partial charge in [-0.1, -0.05) is 13.0 Å². The summed E-state index contributed by atoms with van der Waals surface area (Å²) in [6, 6.07) is 16.2. The van der Waals surface area contributed by atoms with Crippen LogP contribution in [-0.2, 0) is 27.6 Å². The van der Waals surface area contributed by atoms with Gasteiger partial charge in [0.05, 0.1) is 17.5 Å². The van der Waals surface area contributed by atoms with Crippen molar-refractivity contribution >= 4 is 32.3 Å². The molecule has 0 aliphatic rings. The van der Waals surface area contributed by atoms with Gasteiger partial charge in [0.2, 0.25) is 21.2 Å². The van der Waals surface area contributed by atoms with E-state index in [9.17, 15) is 22.4 Å². The van der Waals surface area contributed by atoms with Crippen molar-refractivity contribution in [1.82, 2.24) is 4.57 Å². The van der Waals surface area contributed by atoms with E-state index in [1.165, 1.54) is 17.9 Å². The molecule has 3 aromatic carbocycles. The Bertz CT molecular complexity index is 1560. The van der Waals surface area contributed by atoms with E-state index in [0.717, 1.165) is 29.8 Å². The molecule has 0 unspecified atom stereocenters. The third kappa shape index (κ3) is 4.95. The first kappa shape index (κ1) is 24.2. The first-order valence-corrected chi connectivity index (χ1v) is 12.3. The Labute approximate surface area is 201 Å². The predicted octanol–water partition coefficient (Wildman–Crippen LogP) is 4.18. The smallest absolute Gasteiger partial charge is 0.244 e. The molecule has 0 radical (unpaired) electrons. The molecule has 1 heterocycles. The van der Waals surface area contributed by atoms with Gasteiger partial charge in [-0.15, -0.1) is 0 Å². The molecule has 9 heteroatoms. The molecular weight excluding hydrogens is 471 g/mol.